The van der Waals surface area contributed by atoms with Crippen molar-refractivity contribution >= 4 is 29.3 Å². The molecule has 3 aromatic rings. The van der Waals surface area contributed by atoms with Crippen LogP contribution in [0.25, 0.3) is 11.3 Å². The molecule has 0 saturated carbocycles. The highest BCUT2D eigenvalue weighted by atomic mass is 35.5. The van der Waals surface area contributed by atoms with Gasteiger partial charge in [-0.1, -0.05) is 11.6 Å². The predicted molar refractivity (Wildman–Crippen MR) is 111 cm³/mol. The van der Waals surface area contributed by atoms with Crippen LogP contribution in [0.3, 0.4) is 0 Å². The SMILES string of the molecule is COCc1cc(C)nc(N/N=C/c2ccc(-c3ccc(Cl)cc3[N+](=O)[O-])o2)c1C#N. The molecule has 0 aliphatic carbocycles. The van der Waals surface area contributed by atoms with Crippen molar-refractivity contribution in [2.45, 2.75) is 13.5 Å². The van der Waals surface area contributed by atoms with Crippen LogP contribution in [-0.2, 0) is 11.3 Å². The van der Waals surface area contributed by atoms with Crippen LogP contribution in [0.15, 0.2) is 45.9 Å². The second kappa shape index (κ2) is 9.17. The zero-order valence-corrected chi connectivity index (χ0v) is 16.8. The first kappa shape index (κ1) is 21.0. The lowest BCUT2D eigenvalue weighted by Gasteiger charge is -2.08. The molecule has 0 fully saturated rings. The number of furan rings is 1. The Morgan fingerprint density at radius 1 is 1.40 bits per heavy atom. The number of methoxy groups -OCH3 is 1. The zero-order valence-electron chi connectivity index (χ0n) is 16.0. The normalized spacial score (nSPS) is 10.9. The summed E-state index contributed by atoms with van der Waals surface area (Å²) in [5.41, 5.74) is 4.60. The summed E-state index contributed by atoms with van der Waals surface area (Å²) in [4.78, 5) is 15.0. The molecule has 0 bridgehead atoms. The Hall–Kier alpha value is -3.74. The number of benzene rings is 1. The second-order valence-corrected chi connectivity index (χ2v) is 6.62. The molecule has 2 heterocycles. The highest BCUT2D eigenvalue weighted by molar-refractivity contribution is 6.30. The lowest BCUT2D eigenvalue weighted by atomic mass is 10.1. The lowest BCUT2D eigenvalue weighted by Crippen LogP contribution is -2.03. The largest absolute Gasteiger partial charge is 0.455 e. The van der Waals surface area contributed by atoms with Gasteiger partial charge < -0.3 is 9.15 Å². The first-order valence-corrected chi connectivity index (χ1v) is 9.03. The first-order valence-electron chi connectivity index (χ1n) is 8.65. The average molecular weight is 426 g/mol. The van der Waals surface area contributed by atoms with E-state index >= 15 is 0 Å². The van der Waals surface area contributed by atoms with Crippen molar-refractivity contribution in [2.75, 3.05) is 12.5 Å². The summed E-state index contributed by atoms with van der Waals surface area (Å²) in [6.07, 6.45) is 1.38. The fraction of sp³-hybridized carbons (Fsp3) is 0.150. The van der Waals surface area contributed by atoms with E-state index in [-0.39, 0.29) is 17.3 Å². The van der Waals surface area contributed by atoms with Crippen molar-refractivity contribution in [3.05, 3.63) is 74.1 Å². The molecular weight excluding hydrogens is 410 g/mol. The Balaban J connectivity index is 1.83. The number of nitriles is 1. The van der Waals surface area contributed by atoms with Gasteiger partial charge in [-0.3, -0.25) is 15.5 Å². The van der Waals surface area contributed by atoms with Crippen LogP contribution in [0.5, 0.6) is 0 Å². The van der Waals surface area contributed by atoms with Gasteiger partial charge in [0, 0.05) is 29.5 Å². The zero-order chi connectivity index (χ0) is 21.7. The van der Waals surface area contributed by atoms with E-state index in [9.17, 15) is 15.4 Å². The molecule has 9 nitrogen and oxygen atoms in total. The molecule has 2 aromatic heterocycles. The number of aromatic nitrogens is 1. The van der Waals surface area contributed by atoms with Crippen LogP contribution in [0, 0.1) is 28.4 Å². The molecule has 0 aliphatic heterocycles. The van der Waals surface area contributed by atoms with Crippen molar-refractivity contribution in [1.29, 1.82) is 5.26 Å². The summed E-state index contributed by atoms with van der Waals surface area (Å²) in [6, 6.07) is 11.4. The third-order valence-electron chi connectivity index (χ3n) is 4.05. The van der Waals surface area contributed by atoms with Crippen LogP contribution in [0.2, 0.25) is 5.02 Å². The molecule has 0 radical (unpaired) electrons. The van der Waals surface area contributed by atoms with Gasteiger partial charge in [0.25, 0.3) is 5.69 Å². The number of pyridine rings is 1. The van der Waals surface area contributed by atoms with E-state index in [1.54, 1.807) is 38.3 Å². The van der Waals surface area contributed by atoms with E-state index < -0.39 is 4.92 Å². The van der Waals surface area contributed by atoms with E-state index in [0.717, 1.165) is 0 Å². The molecule has 30 heavy (non-hydrogen) atoms. The predicted octanol–water partition coefficient (Wildman–Crippen LogP) is 4.68. The van der Waals surface area contributed by atoms with E-state index in [1.165, 1.54) is 18.3 Å². The standard InChI is InChI=1S/C20H16ClN5O4/c1-12-7-13(11-29-2)17(9-22)20(24-12)25-23-10-15-4-6-19(30-15)16-5-3-14(21)8-18(16)26(27)28/h3-8,10H,11H2,1-2H3,(H,24,25)/b23-10+. The summed E-state index contributed by atoms with van der Waals surface area (Å²) in [6.45, 7) is 2.07. The van der Waals surface area contributed by atoms with Crippen LogP contribution < -0.4 is 5.43 Å². The van der Waals surface area contributed by atoms with Crippen LogP contribution in [0.4, 0.5) is 11.5 Å². The van der Waals surface area contributed by atoms with E-state index in [4.69, 9.17) is 20.8 Å². The smallest absolute Gasteiger partial charge is 0.281 e. The van der Waals surface area contributed by atoms with Gasteiger partial charge in [-0.15, -0.1) is 0 Å². The quantitative estimate of drug-likeness (QED) is 0.331. The highest BCUT2D eigenvalue weighted by Crippen LogP contribution is 2.33. The van der Waals surface area contributed by atoms with Gasteiger partial charge in [0.2, 0.25) is 0 Å². The molecule has 0 aliphatic rings. The number of hydrogen-bond donors (Lipinski definition) is 1. The number of nitro benzene ring substituents is 1. The summed E-state index contributed by atoms with van der Waals surface area (Å²) in [7, 11) is 1.54. The molecule has 3 rings (SSSR count). The van der Waals surface area contributed by atoms with Crippen molar-refractivity contribution in [3.8, 4) is 17.4 Å². The van der Waals surface area contributed by atoms with Gasteiger partial charge in [0.1, 0.15) is 23.2 Å². The molecule has 1 N–H and O–H groups in total. The molecule has 152 valence electrons. The van der Waals surface area contributed by atoms with E-state index in [1.807, 2.05) is 0 Å². The molecule has 0 amide bonds. The topological polar surface area (TPSA) is 127 Å². The first-order chi connectivity index (χ1) is 14.4. The summed E-state index contributed by atoms with van der Waals surface area (Å²) < 4.78 is 10.8. The lowest BCUT2D eigenvalue weighted by molar-refractivity contribution is -0.384. The molecule has 10 heteroatoms. The van der Waals surface area contributed by atoms with Crippen LogP contribution in [-0.4, -0.2) is 23.2 Å². The maximum atomic E-state index is 11.3. The molecule has 1 aromatic carbocycles. The molecule has 0 unspecified atom stereocenters. The van der Waals surface area contributed by atoms with Crippen molar-refractivity contribution in [3.63, 3.8) is 0 Å². The number of nitrogens with zero attached hydrogens (tertiary/aromatic N) is 4. The second-order valence-electron chi connectivity index (χ2n) is 6.18. The third-order valence-corrected chi connectivity index (χ3v) is 4.29. The Morgan fingerprint density at radius 3 is 2.90 bits per heavy atom. The minimum absolute atomic E-state index is 0.160. The number of aryl methyl sites for hydroxylation is 1. The monoisotopic (exact) mass is 425 g/mol. The van der Waals surface area contributed by atoms with Gasteiger partial charge in [-0.05, 0) is 37.3 Å². The summed E-state index contributed by atoms with van der Waals surface area (Å²) in [5.74, 6) is 0.944. The Morgan fingerprint density at radius 2 is 2.20 bits per heavy atom. The number of ether oxygens (including phenoxy) is 1. The Labute approximate surface area is 176 Å². The van der Waals surface area contributed by atoms with Gasteiger partial charge in [-0.25, -0.2) is 4.98 Å². The average Bonchev–Trinajstić information content (AvgIpc) is 3.16. The van der Waals surface area contributed by atoms with Gasteiger partial charge >= 0.3 is 0 Å². The van der Waals surface area contributed by atoms with Crippen molar-refractivity contribution < 1.29 is 14.1 Å². The fourth-order valence-corrected chi connectivity index (χ4v) is 2.97. The number of rotatable bonds is 7. The number of anilines is 1. The number of halogens is 1. The van der Waals surface area contributed by atoms with E-state index in [0.29, 0.717) is 39.7 Å². The van der Waals surface area contributed by atoms with E-state index in [2.05, 4.69) is 21.6 Å². The maximum absolute atomic E-state index is 11.3. The molecule has 0 saturated heterocycles. The highest BCUT2D eigenvalue weighted by Gasteiger charge is 2.18. The maximum Gasteiger partial charge on any atom is 0.281 e. The number of nitro groups is 1. The molecular formula is C20H16ClN5O4. The minimum Gasteiger partial charge on any atom is -0.455 e. The minimum atomic E-state index is -0.524. The molecule has 0 atom stereocenters. The summed E-state index contributed by atoms with van der Waals surface area (Å²) in [5, 5.41) is 25.0. The number of hydrogen-bond acceptors (Lipinski definition) is 8. The Kier molecular flexibility index (Phi) is 6.41. The van der Waals surface area contributed by atoms with Gasteiger partial charge in [0.05, 0.1) is 23.3 Å². The van der Waals surface area contributed by atoms with Gasteiger partial charge in [-0.2, -0.15) is 10.4 Å². The Bertz CT molecular complexity index is 1170. The molecule has 0 spiro atoms. The fourth-order valence-electron chi connectivity index (χ4n) is 2.80. The third kappa shape index (κ3) is 4.63. The van der Waals surface area contributed by atoms with Gasteiger partial charge in [0.15, 0.2) is 5.82 Å². The number of hydrazone groups is 1. The number of nitrogens with one attached hydrogen (secondary N) is 1. The van der Waals surface area contributed by atoms with Crippen molar-refractivity contribution in [2.24, 2.45) is 5.10 Å². The van der Waals surface area contributed by atoms with Crippen LogP contribution >= 0.6 is 11.6 Å². The van der Waals surface area contributed by atoms with Crippen LogP contribution in [0.1, 0.15) is 22.6 Å². The van der Waals surface area contributed by atoms with Crippen molar-refractivity contribution in [1.82, 2.24) is 4.98 Å². The summed E-state index contributed by atoms with van der Waals surface area (Å²) >= 11 is 5.85.